The van der Waals surface area contributed by atoms with Crippen molar-refractivity contribution in [3.05, 3.63) is 34.2 Å². The third kappa shape index (κ3) is 2.36. The maximum atomic E-state index is 10.9. The first kappa shape index (κ1) is 12.6. The highest BCUT2D eigenvalue weighted by molar-refractivity contribution is 7.13. The lowest BCUT2D eigenvalue weighted by atomic mass is 10.1. The number of thiazole rings is 1. The SMILES string of the molecule is CCOc1ccccc1-c1nc(C(=O)O)sc1C. The number of ether oxygens (including phenoxy) is 1. The highest BCUT2D eigenvalue weighted by Gasteiger charge is 2.17. The standard InChI is InChI=1S/C13H13NO3S/c1-3-17-10-7-5-4-6-9(10)11-8(2)18-12(14-11)13(15)16/h4-7H,3H2,1-2H3,(H,15,16). The van der Waals surface area contributed by atoms with Crippen LogP contribution in [0, 0.1) is 6.92 Å². The number of para-hydroxylation sites is 1. The number of carboxylic acids is 1. The number of nitrogens with zero attached hydrogens (tertiary/aromatic N) is 1. The highest BCUT2D eigenvalue weighted by Crippen LogP contribution is 2.34. The van der Waals surface area contributed by atoms with Crippen LogP contribution in [0.2, 0.25) is 0 Å². The van der Waals surface area contributed by atoms with Gasteiger partial charge in [0.2, 0.25) is 5.01 Å². The molecule has 0 atom stereocenters. The van der Waals surface area contributed by atoms with E-state index in [1.54, 1.807) is 0 Å². The Kier molecular flexibility index (Phi) is 3.62. The van der Waals surface area contributed by atoms with E-state index in [4.69, 9.17) is 9.84 Å². The van der Waals surface area contributed by atoms with E-state index in [9.17, 15) is 4.79 Å². The molecule has 1 N–H and O–H groups in total. The molecule has 1 aromatic heterocycles. The molecule has 2 aromatic rings. The molecule has 1 aromatic carbocycles. The Labute approximate surface area is 109 Å². The molecule has 4 nitrogen and oxygen atoms in total. The first-order valence-electron chi connectivity index (χ1n) is 5.56. The second-order valence-corrected chi connectivity index (χ2v) is 4.86. The van der Waals surface area contributed by atoms with Gasteiger partial charge in [-0.1, -0.05) is 12.1 Å². The zero-order valence-corrected chi connectivity index (χ0v) is 11.0. The molecule has 0 bridgehead atoms. The van der Waals surface area contributed by atoms with Crippen LogP contribution in [0.4, 0.5) is 0 Å². The first-order chi connectivity index (χ1) is 8.63. The number of aromatic nitrogens is 1. The monoisotopic (exact) mass is 263 g/mol. The van der Waals surface area contributed by atoms with Crippen molar-refractivity contribution < 1.29 is 14.6 Å². The third-order valence-corrected chi connectivity index (χ3v) is 3.38. The van der Waals surface area contributed by atoms with Crippen molar-refractivity contribution in [1.29, 1.82) is 0 Å². The van der Waals surface area contributed by atoms with Crippen molar-refractivity contribution in [2.24, 2.45) is 0 Å². The van der Waals surface area contributed by atoms with Crippen molar-refractivity contribution in [2.75, 3.05) is 6.61 Å². The van der Waals surface area contributed by atoms with Crippen molar-refractivity contribution in [3.8, 4) is 17.0 Å². The maximum absolute atomic E-state index is 10.9. The molecule has 18 heavy (non-hydrogen) atoms. The number of hydrogen-bond acceptors (Lipinski definition) is 4. The van der Waals surface area contributed by atoms with Gasteiger partial charge < -0.3 is 9.84 Å². The van der Waals surface area contributed by atoms with Gasteiger partial charge in [0, 0.05) is 10.4 Å². The fraction of sp³-hybridized carbons (Fsp3) is 0.231. The van der Waals surface area contributed by atoms with E-state index >= 15 is 0 Å². The van der Waals surface area contributed by atoms with Crippen LogP contribution in [0.15, 0.2) is 24.3 Å². The van der Waals surface area contributed by atoms with E-state index in [0.717, 1.165) is 16.2 Å². The Bertz CT molecular complexity index is 577. The number of benzene rings is 1. The van der Waals surface area contributed by atoms with Crippen molar-refractivity contribution >= 4 is 17.3 Å². The fourth-order valence-corrected chi connectivity index (χ4v) is 2.45. The summed E-state index contributed by atoms with van der Waals surface area (Å²) in [5, 5.41) is 9.06. The summed E-state index contributed by atoms with van der Waals surface area (Å²) in [7, 11) is 0. The van der Waals surface area contributed by atoms with E-state index in [0.29, 0.717) is 12.3 Å². The zero-order chi connectivity index (χ0) is 13.1. The smallest absolute Gasteiger partial charge is 0.365 e. The molecule has 0 aliphatic carbocycles. The van der Waals surface area contributed by atoms with Gasteiger partial charge in [0.25, 0.3) is 0 Å². The molecule has 94 valence electrons. The molecule has 0 amide bonds. The summed E-state index contributed by atoms with van der Waals surface area (Å²) in [6.07, 6.45) is 0. The molecule has 0 fully saturated rings. The van der Waals surface area contributed by atoms with Gasteiger partial charge >= 0.3 is 5.97 Å². The molecule has 0 saturated heterocycles. The highest BCUT2D eigenvalue weighted by atomic mass is 32.1. The minimum Gasteiger partial charge on any atom is -0.493 e. The van der Waals surface area contributed by atoms with Crippen LogP contribution in [0.5, 0.6) is 5.75 Å². The predicted molar refractivity (Wildman–Crippen MR) is 70.4 cm³/mol. The lowest BCUT2D eigenvalue weighted by Gasteiger charge is -2.08. The van der Waals surface area contributed by atoms with Crippen LogP contribution in [0.3, 0.4) is 0 Å². The Balaban J connectivity index is 2.51. The summed E-state index contributed by atoms with van der Waals surface area (Å²) < 4.78 is 5.53. The average molecular weight is 263 g/mol. The lowest BCUT2D eigenvalue weighted by Crippen LogP contribution is -1.96. The molecular weight excluding hydrogens is 250 g/mol. The fourth-order valence-electron chi connectivity index (χ4n) is 1.68. The number of hydrogen-bond donors (Lipinski definition) is 1. The normalized spacial score (nSPS) is 10.3. The Morgan fingerprint density at radius 1 is 1.44 bits per heavy atom. The molecular formula is C13H13NO3S. The van der Waals surface area contributed by atoms with Crippen LogP contribution < -0.4 is 4.74 Å². The molecule has 0 radical (unpaired) electrons. The quantitative estimate of drug-likeness (QED) is 0.920. The van der Waals surface area contributed by atoms with E-state index in [1.165, 1.54) is 11.3 Å². The van der Waals surface area contributed by atoms with E-state index in [-0.39, 0.29) is 5.01 Å². The number of rotatable bonds is 4. The largest absolute Gasteiger partial charge is 0.493 e. The van der Waals surface area contributed by atoms with Gasteiger partial charge in [0.1, 0.15) is 5.75 Å². The lowest BCUT2D eigenvalue weighted by molar-refractivity contribution is 0.0696. The van der Waals surface area contributed by atoms with E-state index in [2.05, 4.69) is 4.98 Å². The maximum Gasteiger partial charge on any atom is 0.365 e. The molecule has 0 aliphatic heterocycles. The van der Waals surface area contributed by atoms with Crippen molar-refractivity contribution in [1.82, 2.24) is 4.98 Å². The Morgan fingerprint density at radius 3 is 2.78 bits per heavy atom. The van der Waals surface area contributed by atoms with Crippen LogP contribution in [-0.2, 0) is 0 Å². The van der Waals surface area contributed by atoms with Gasteiger partial charge in [-0.15, -0.1) is 11.3 Å². The molecule has 1 heterocycles. The Hall–Kier alpha value is -1.88. The van der Waals surface area contributed by atoms with Crippen molar-refractivity contribution in [2.45, 2.75) is 13.8 Å². The number of aryl methyl sites for hydroxylation is 1. The van der Waals surface area contributed by atoms with E-state index < -0.39 is 5.97 Å². The zero-order valence-electron chi connectivity index (χ0n) is 10.1. The van der Waals surface area contributed by atoms with Gasteiger partial charge in [0.15, 0.2) is 0 Å². The topological polar surface area (TPSA) is 59.4 Å². The average Bonchev–Trinajstić information content (AvgIpc) is 2.73. The summed E-state index contributed by atoms with van der Waals surface area (Å²) in [6, 6.07) is 7.52. The second-order valence-electron chi connectivity index (χ2n) is 3.66. The molecule has 0 saturated carbocycles. The molecule has 5 heteroatoms. The summed E-state index contributed by atoms with van der Waals surface area (Å²) in [6.45, 7) is 4.33. The molecule has 0 aliphatic rings. The predicted octanol–water partition coefficient (Wildman–Crippen LogP) is 3.22. The van der Waals surface area contributed by atoms with Crippen LogP contribution in [-0.4, -0.2) is 22.7 Å². The minimum absolute atomic E-state index is 0.105. The number of carbonyl (C=O) groups is 1. The third-order valence-electron chi connectivity index (χ3n) is 2.42. The van der Waals surface area contributed by atoms with Crippen LogP contribution in [0.1, 0.15) is 21.6 Å². The Morgan fingerprint density at radius 2 is 2.17 bits per heavy atom. The van der Waals surface area contributed by atoms with Crippen LogP contribution in [0.25, 0.3) is 11.3 Å². The minimum atomic E-state index is -0.997. The van der Waals surface area contributed by atoms with Gasteiger partial charge in [-0.2, -0.15) is 0 Å². The molecule has 2 rings (SSSR count). The first-order valence-corrected chi connectivity index (χ1v) is 6.38. The molecule has 0 unspecified atom stereocenters. The van der Waals surface area contributed by atoms with Gasteiger partial charge in [-0.25, -0.2) is 9.78 Å². The summed E-state index contributed by atoms with van der Waals surface area (Å²) in [5.41, 5.74) is 1.52. The summed E-state index contributed by atoms with van der Waals surface area (Å²) in [5.74, 6) is -0.270. The van der Waals surface area contributed by atoms with Gasteiger partial charge in [0.05, 0.1) is 12.3 Å². The number of aromatic carboxylic acids is 1. The van der Waals surface area contributed by atoms with E-state index in [1.807, 2.05) is 38.1 Å². The van der Waals surface area contributed by atoms with Crippen LogP contribution >= 0.6 is 11.3 Å². The molecule has 0 spiro atoms. The second kappa shape index (κ2) is 5.18. The summed E-state index contributed by atoms with van der Waals surface area (Å²) in [4.78, 5) is 16.0. The summed E-state index contributed by atoms with van der Waals surface area (Å²) >= 11 is 1.18. The van der Waals surface area contributed by atoms with Crippen molar-refractivity contribution in [3.63, 3.8) is 0 Å². The number of carboxylic acid groups (broad SMARTS) is 1. The van der Waals surface area contributed by atoms with Gasteiger partial charge in [-0.3, -0.25) is 0 Å². The van der Waals surface area contributed by atoms with Gasteiger partial charge in [-0.05, 0) is 26.0 Å².